The van der Waals surface area contributed by atoms with Crippen molar-refractivity contribution in [1.82, 2.24) is 0 Å². The maximum Gasteiger partial charge on any atom is 0.270 e. The van der Waals surface area contributed by atoms with E-state index >= 15 is 0 Å². The Morgan fingerprint density at radius 1 is 1.18 bits per heavy atom. The van der Waals surface area contributed by atoms with E-state index in [2.05, 4.69) is 5.32 Å². The Kier molecular flexibility index (Phi) is 5.33. The molecule has 3 rings (SSSR count). The first-order valence-electron chi connectivity index (χ1n) is 8.31. The smallest absolute Gasteiger partial charge is 0.270 e. The molecule has 0 fully saturated rings. The highest BCUT2D eigenvalue weighted by Crippen LogP contribution is 2.26. The van der Waals surface area contributed by atoms with E-state index in [0.29, 0.717) is 17.0 Å². The fourth-order valence-electron chi connectivity index (χ4n) is 2.55. The number of aryl methyl sites for hydroxylation is 1. The summed E-state index contributed by atoms with van der Waals surface area (Å²) < 4.78 is 5.63. The van der Waals surface area contributed by atoms with Crippen LogP contribution in [0.4, 0.5) is 11.4 Å². The van der Waals surface area contributed by atoms with Gasteiger partial charge in [-0.2, -0.15) is 5.26 Å². The van der Waals surface area contributed by atoms with Gasteiger partial charge in [0.25, 0.3) is 11.6 Å². The average Bonchev–Trinajstić information content (AvgIpc) is 3.16. The SMILES string of the molecule is Cc1ccccc1NC(=O)/C(C#N)=C/c1ccc(-c2cccc([N+](=O)[O-])c2)o1. The lowest BCUT2D eigenvalue weighted by molar-refractivity contribution is -0.384. The second kappa shape index (κ2) is 8.01. The number of nitriles is 1. The molecule has 0 spiro atoms. The Balaban J connectivity index is 1.83. The van der Waals surface area contributed by atoms with Gasteiger partial charge in [-0.15, -0.1) is 0 Å². The first-order valence-corrected chi connectivity index (χ1v) is 8.31. The summed E-state index contributed by atoms with van der Waals surface area (Å²) in [6, 6.07) is 18.3. The summed E-state index contributed by atoms with van der Waals surface area (Å²) in [5.74, 6) is 0.134. The molecule has 1 aromatic heterocycles. The van der Waals surface area contributed by atoms with Gasteiger partial charge in [0.05, 0.1) is 4.92 Å². The van der Waals surface area contributed by atoms with Crippen molar-refractivity contribution in [3.8, 4) is 17.4 Å². The number of hydrogen-bond donors (Lipinski definition) is 1. The molecular weight excluding hydrogens is 358 g/mol. The first kappa shape index (κ1) is 18.6. The molecule has 0 radical (unpaired) electrons. The summed E-state index contributed by atoms with van der Waals surface area (Å²) >= 11 is 0. The number of anilines is 1. The third-order valence-electron chi connectivity index (χ3n) is 4.01. The van der Waals surface area contributed by atoms with Gasteiger partial charge >= 0.3 is 0 Å². The number of nitrogens with one attached hydrogen (secondary N) is 1. The van der Waals surface area contributed by atoms with Crippen LogP contribution in [0, 0.1) is 28.4 Å². The van der Waals surface area contributed by atoms with Gasteiger partial charge in [0.2, 0.25) is 0 Å². The predicted molar refractivity (Wildman–Crippen MR) is 104 cm³/mol. The summed E-state index contributed by atoms with van der Waals surface area (Å²) in [6.07, 6.45) is 1.33. The molecule has 1 heterocycles. The number of carbonyl (C=O) groups excluding carboxylic acids is 1. The molecule has 3 aromatic rings. The Morgan fingerprint density at radius 2 is 1.96 bits per heavy atom. The van der Waals surface area contributed by atoms with Crippen molar-refractivity contribution >= 4 is 23.4 Å². The van der Waals surface area contributed by atoms with Crippen LogP contribution in [0.2, 0.25) is 0 Å². The van der Waals surface area contributed by atoms with Gasteiger partial charge < -0.3 is 9.73 Å². The zero-order valence-corrected chi connectivity index (χ0v) is 14.9. The minimum atomic E-state index is -0.551. The molecule has 0 saturated heterocycles. The number of benzene rings is 2. The van der Waals surface area contributed by atoms with Gasteiger partial charge in [-0.1, -0.05) is 30.3 Å². The van der Waals surface area contributed by atoms with Crippen molar-refractivity contribution in [2.75, 3.05) is 5.32 Å². The van der Waals surface area contributed by atoms with Crippen LogP contribution >= 0.6 is 0 Å². The number of furan rings is 1. The Labute approximate surface area is 160 Å². The van der Waals surface area contributed by atoms with Crippen LogP contribution < -0.4 is 5.32 Å². The number of non-ortho nitro benzene ring substituents is 1. The van der Waals surface area contributed by atoms with Crippen LogP contribution in [-0.4, -0.2) is 10.8 Å². The van der Waals surface area contributed by atoms with Gasteiger partial charge in [0.15, 0.2) is 0 Å². The predicted octanol–water partition coefficient (Wildman–Crippen LogP) is 4.71. The molecule has 28 heavy (non-hydrogen) atoms. The van der Waals surface area contributed by atoms with E-state index in [9.17, 15) is 20.2 Å². The molecule has 138 valence electrons. The molecule has 0 aliphatic heterocycles. The molecule has 0 aliphatic carbocycles. The molecule has 0 saturated carbocycles. The molecule has 7 nitrogen and oxygen atoms in total. The minimum absolute atomic E-state index is 0.0543. The van der Waals surface area contributed by atoms with Crippen LogP contribution in [0.25, 0.3) is 17.4 Å². The first-order chi connectivity index (χ1) is 13.5. The topological polar surface area (TPSA) is 109 Å². The van der Waals surface area contributed by atoms with Gasteiger partial charge in [-0.25, -0.2) is 0 Å². The second-order valence-corrected chi connectivity index (χ2v) is 5.95. The van der Waals surface area contributed by atoms with E-state index in [0.717, 1.165) is 5.56 Å². The highest BCUT2D eigenvalue weighted by Gasteiger charge is 2.13. The van der Waals surface area contributed by atoms with E-state index < -0.39 is 10.8 Å². The molecule has 7 heteroatoms. The lowest BCUT2D eigenvalue weighted by atomic mass is 10.1. The number of nitro groups is 1. The summed E-state index contributed by atoms with van der Waals surface area (Å²) in [7, 11) is 0. The van der Waals surface area contributed by atoms with Crippen molar-refractivity contribution in [2.45, 2.75) is 6.92 Å². The van der Waals surface area contributed by atoms with Gasteiger partial charge in [-0.05, 0) is 30.7 Å². The molecule has 0 unspecified atom stereocenters. The van der Waals surface area contributed by atoms with Crippen LogP contribution in [0.3, 0.4) is 0 Å². The Hall–Kier alpha value is -4.18. The average molecular weight is 373 g/mol. The van der Waals surface area contributed by atoms with Gasteiger partial charge in [0.1, 0.15) is 23.2 Å². The molecule has 1 N–H and O–H groups in total. The van der Waals surface area contributed by atoms with E-state index in [1.165, 1.54) is 18.2 Å². The standard InChI is InChI=1S/C21H15N3O4/c1-14-5-2-3-8-19(14)23-21(25)16(13-22)12-18-9-10-20(28-18)15-6-4-7-17(11-15)24(26)27/h2-12H,1H3,(H,23,25)/b16-12+. The van der Waals surface area contributed by atoms with Crippen LogP contribution in [-0.2, 0) is 4.79 Å². The van der Waals surface area contributed by atoms with Crippen molar-refractivity contribution in [2.24, 2.45) is 0 Å². The zero-order valence-electron chi connectivity index (χ0n) is 14.9. The van der Waals surface area contributed by atoms with Crippen molar-refractivity contribution in [3.63, 3.8) is 0 Å². The lowest BCUT2D eigenvalue weighted by Gasteiger charge is -2.06. The van der Waals surface area contributed by atoms with Crippen LogP contribution in [0.15, 0.2) is 70.7 Å². The molecular formula is C21H15N3O4. The number of nitrogens with zero attached hydrogens (tertiary/aromatic N) is 2. The number of rotatable bonds is 5. The fraction of sp³-hybridized carbons (Fsp3) is 0.0476. The largest absolute Gasteiger partial charge is 0.457 e. The van der Waals surface area contributed by atoms with E-state index in [1.54, 1.807) is 36.4 Å². The van der Waals surface area contributed by atoms with E-state index in [1.807, 2.05) is 25.1 Å². The van der Waals surface area contributed by atoms with E-state index in [-0.39, 0.29) is 17.0 Å². The maximum atomic E-state index is 12.4. The molecule has 0 aliphatic rings. The Morgan fingerprint density at radius 3 is 2.68 bits per heavy atom. The number of amides is 1. The number of hydrogen-bond acceptors (Lipinski definition) is 5. The summed E-state index contributed by atoms with van der Waals surface area (Å²) in [5, 5.41) is 22.9. The summed E-state index contributed by atoms with van der Waals surface area (Å²) in [4.78, 5) is 22.8. The van der Waals surface area contributed by atoms with Gasteiger partial charge in [-0.3, -0.25) is 14.9 Å². The maximum absolute atomic E-state index is 12.4. The Bertz CT molecular complexity index is 1120. The van der Waals surface area contributed by atoms with Crippen LogP contribution in [0.5, 0.6) is 0 Å². The number of para-hydroxylation sites is 1. The third-order valence-corrected chi connectivity index (χ3v) is 4.01. The lowest BCUT2D eigenvalue weighted by Crippen LogP contribution is -2.14. The van der Waals surface area contributed by atoms with Crippen molar-refractivity contribution in [3.05, 3.63) is 87.7 Å². The number of nitro benzene ring substituents is 1. The fourth-order valence-corrected chi connectivity index (χ4v) is 2.55. The quantitative estimate of drug-likeness (QED) is 0.301. The summed E-state index contributed by atoms with van der Waals surface area (Å²) in [5.41, 5.74) is 1.84. The highest BCUT2D eigenvalue weighted by molar-refractivity contribution is 6.09. The minimum Gasteiger partial charge on any atom is -0.457 e. The number of carbonyl (C=O) groups is 1. The molecule has 0 bridgehead atoms. The van der Waals surface area contributed by atoms with Crippen LogP contribution in [0.1, 0.15) is 11.3 Å². The monoisotopic (exact) mass is 373 g/mol. The molecule has 2 aromatic carbocycles. The zero-order chi connectivity index (χ0) is 20.1. The van der Waals surface area contributed by atoms with E-state index in [4.69, 9.17) is 4.42 Å². The van der Waals surface area contributed by atoms with Gasteiger partial charge in [0, 0.05) is 29.5 Å². The summed E-state index contributed by atoms with van der Waals surface area (Å²) in [6.45, 7) is 1.85. The van der Waals surface area contributed by atoms with Crippen molar-refractivity contribution < 1.29 is 14.1 Å². The third kappa shape index (κ3) is 4.14. The second-order valence-electron chi connectivity index (χ2n) is 5.95. The molecule has 1 amide bonds. The normalized spacial score (nSPS) is 10.9. The molecule has 0 atom stereocenters. The highest BCUT2D eigenvalue weighted by atomic mass is 16.6. The van der Waals surface area contributed by atoms with Crippen molar-refractivity contribution in [1.29, 1.82) is 5.26 Å².